The van der Waals surface area contributed by atoms with E-state index in [1.807, 2.05) is 11.9 Å². The first-order valence-electron chi connectivity index (χ1n) is 8.33. The average molecular weight is 352 g/mol. The molecule has 1 fully saturated rings. The van der Waals surface area contributed by atoms with E-state index in [1.54, 1.807) is 12.1 Å². The maximum atomic E-state index is 12.1. The number of amides is 1. The van der Waals surface area contributed by atoms with Crippen LogP contribution in [0.1, 0.15) is 45.4 Å². The van der Waals surface area contributed by atoms with Gasteiger partial charge in [0.25, 0.3) is 10.0 Å². The predicted octanol–water partition coefficient (Wildman–Crippen LogP) is 3.17. The fourth-order valence-electron chi connectivity index (χ4n) is 2.37. The first kappa shape index (κ1) is 18.4. The molecule has 8 heteroatoms. The van der Waals surface area contributed by atoms with Crippen LogP contribution in [-0.4, -0.2) is 32.4 Å². The minimum Gasteiger partial charge on any atom is -0.278 e. The van der Waals surface area contributed by atoms with Crippen LogP contribution < -0.4 is 4.72 Å². The van der Waals surface area contributed by atoms with Crippen LogP contribution in [0.3, 0.4) is 0 Å². The van der Waals surface area contributed by atoms with E-state index in [0.29, 0.717) is 12.1 Å². The molecule has 1 aliphatic rings. The van der Waals surface area contributed by atoms with Gasteiger partial charge >= 0.3 is 0 Å². The maximum absolute atomic E-state index is 12.1. The lowest BCUT2D eigenvalue weighted by atomic mass is 10.2. The molecule has 0 atom stereocenters. The van der Waals surface area contributed by atoms with Crippen molar-refractivity contribution in [3.63, 3.8) is 0 Å². The standard InChI is InChI=1S/C16H24N4O3S/c1-2-3-7-16(21)18-24(22,23)15-10-8-14(9-11-15)17-19-20-12-5-4-6-13-20/h8-11H,2-7,12-13H2,1H3,(H,18,21). The number of unbranched alkanes of at least 4 members (excludes halogenated alkanes) is 1. The number of carbonyl (C=O) groups is 1. The highest BCUT2D eigenvalue weighted by Gasteiger charge is 2.17. The van der Waals surface area contributed by atoms with Gasteiger partial charge in [0.2, 0.25) is 5.91 Å². The van der Waals surface area contributed by atoms with Crippen molar-refractivity contribution in [3.8, 4) is 0 Å². The molecule has 7 nitrogen and oxygen atoms in total. The monoisotopic (exact) mass is 352 g/mol. The van der Waals surface area contributed by atoms with Crippen LogP contribution in [0.15, 0.2) is 39.5 Å². The van der Waals surface area contributed by atoms with Crippen LogP contribution in [0.4, 0.5) is 5.69 Å². The summed E-state index contributed by atoms with van der Waals surface area (Å²) >= 11 is 0. The molecule has 1 aliphatic heterocycles. The molecule has 24 heavy (non-hydrogen) atoms. The maximum Gasteiger partial charge on any atom is 0.264 e. The summed E-state index contributed by atoms with van der Waals surface area (Å²) in [4.78, 5) is 11.7. The highest BCUT2D eigenvalue weighted by molar-refractivity contribution is 7.90. The molecule has 0 radical (unpaired) electrons. The molecule has 1 amide bonds. The third-order valence-corrected chi connectivity index (χ3v) is 5.16. The van der Waals surface area contributed by atoms with E-state index in [2.05, 4.69) is 15.1 Å². The summed E-state index contributed by atoms with van der Waals surface area (Å²) < 4.78 is 26.3. The van der Waals surface area contributed by atoms with Crippen LogP contribution in [0, 0.1) is 0 Å². The van der Waals surface area contributed by atoms with Crippen molar-refractivity contribution >= 4 is 21.6 Å². The second-order valence-corrected chi connectivity index (χ2v) is 7.51. The molecule has 1 aromatic rings. The van der Waals surface area contributed by atoms with Crippen molar-refractivity contribution < 1.29 is 13.2 Å². The summed E-state index contributed by atoms with van der Waals surface area (Å²) in [6.45, 7) is 3.75. The highest BCUT2D eigenvalue weighted by Crippen LogP contribution is 2.18. The average Bonchev–Trinajstić information content (AvgIpc) is 2.59. The summed E-state index contributed by atoms with van der Waals surface area (Å²) in [6.07, 6.45) is 5.17. The fourth-order valence-corrected chi connectivity index (χ4v) is 3.38. The van der Waals surface area contributed by atoms with Crippen molar-refractivity contribution in [3.05, 3.63) is 24.3 Å². The first-order valence-corrected chi connectivity index (χ1v) is 9.82. The molecule has 0 saturated carbocycles. The van der Waals surface area contributed by atoms with Gasteiger partial charge in [-0.25, -0.2) is 13.1 Å². The normalized spacial score (nSPS) is 15.6. The van der Waals surface area contributed by atoms with Gasteiger partial charge in [0.1, 0.15) is 0 Å². The van der Waals surface area contributed by atoms with E-state index in [4.69, 9.17) is 0 Å². The quantitative estimate of drug-likeness (QED) is 0.763. The Kier molecular flexibility index (Phi) is 6.72. The molecule has 1 aromatic carbocycles. The second kappa shape index (κ2) is 8.77. The molecule has 132 valence electrons. The first-order chi connectivity index (χ1) is 11.5. The van der Waals surface area contributed by atoms with E-state index >= 15 is 0 Å². The Balaban J connectivity index is 1.97. The van der Waals surface area contributed by atoms with E-state index < -0.39 is 15.9 Å². The van der Waals surface area contributed by atoms with Crippen molar-refractivity contribution in [2.24, 2.45) is 10.3 Å². The van der Waals surface area contributed by atoms with Gasteiger partial charge in [-0.15, -0.1) is 5.11 Å². The van der Waals surface area contributed by atoms with Gasteiger partial charge in [0.15, 0.2) is 0 Å². The number of piperidine rings is 1. The number of benzene rings is 1. The summed E-state index contributed by atoms with van der Waals surface area (Å²) in [6, 6.07) is 6.02. The van der Waals surface area contributed by atoms with Crippen molar-refractivity contribution in [1.82, 2.24) is 9.73 Å². The summed E-state index contributed by atoms with van der Waals surface area (Å²) in [5.74, 6) is -0.481. The number of hydrogen-bond acceptors (Lipinski definition) is 5. The number of rotatable bonds is 7. The van der Waals surface area contributed by atoms with Gasteiger partial charge in [-0.05, 0) is 49.9 Å². The summed E-state index contributed by atoms with van der Waals surface area (Å²) in [5, 5.41) is 10.2. The molecule has 1 saturated heterocycles. The minimum atomic E-state index is -3.82. The Bertz CT molecular complexity index is 665. The third-order valence-electron chi connectivity index (χ3n) is 3.77. The number of sulfonamides is 1. The van der Waals surface area contributed by atoms with Crippen LogP contribution in [0.25, 0.3) is 0 Å². The molecule has 0 unspecified atom stereocenters. The Morgan fingerprint density at radius 3 is 2.46 bits per heavy atom. The van der Waals surface area contributed by atoms with Gasteiger partial charge < -0.3 is 0 Å². The van der Waals surface area contributed by atoms with Crippen LogP contribution in [0.5, 0.6) is 0 Å². The minimum absolute atomic E-state index is 0.0456. The largest absolute Gasteiger partial charge is 0.278 e. The Morgan fingerprint density at radius 1 is 1.17 bits per heavy atom. The smallest absolute Gasteiger partial charge is 0.264 e. The highest BCUT2D eigenvalue weighted by atomic mass is 32.2. The van der Waals surface area contributed by atoms with Crippen molar-refractivity contribution in [2.75, 3.05) is 13.1 Å². The molecule has 2 rings (SSSR count). The van der Waals surface area contributed by atoms with E-state index in [-0.39, 0.29) is 11.3 Å². The predicted molar refractivity (Wildman–Crippen MR) is 91.2 cm³/mol. The molecule has 1 heterocycles. The molecule has 0 bridgehead atoms. The summed E-state index contributed by atoms with van der Waals surface area (Å²) in [7, 11) is -3.82. The zero-order valence-corrected chi connectivity index (χ0v) is 14.8. The molecular formula is C16H24N4O3S. The molecule has 0 aliphatic carbocycles. The number of hydrogen-bond donors (Lipinski definition) is 1. The van der Waals surface area contributed by atoms with Gasteiger partial charge in [0.05, 0.1) is 10.6 Å². The molecule has 0 spiro atoms. The van der Waals surface area contributed by atoms with Crippen molar-refractivity contribution in [1.29, 1.82) is 0 Å². The number of nitrogens with zero attached hydrogens (tertiary/aromatic N) is 3. The molecule has 1 N–H and O–H groups in total. The SMILES string of the molecule is CCCCC(=O)NS(=O)(=O)c1ccc(N=NN2CCCCC2)cc1. The van der Waals surface area contributed by atoms with Gasteiger partial charge in [-0.3, -0.25) is 9.80 Å². The van der Waals surface area contributed by atoms with Gasteiger partial charge in [-0.2, -0.15) is 0 Å². The van der Waals surface area contributed by atoms with Crippen LogP contribution in [-0.2, 0) is 14.8 Å². The lowest BCUT2D eigenvalue weighted by Crippen LogP contribution is -2.30. The Labute approximate surface area is 143 Å². The Morgan fingerprint density at radius 2 is 1.83 bits per heavy atom. The second-order valence-electron chi connectivity index (χ2n) is 5.83. The topological polar surface area (TPSA) is 91.2 Å². The van der Waals surface area contributed by atoms with Crippen LogP contribution >= 0.6 is 0 Å². The van der Waals surface area contributed by atoms with Crippen LogP contribution in [0.2, 0.25) is 0 Å². The van der Waals surface area contributed by atoms with E-state index in [0.717, 1.165) is 32.4 Å². The fraction of sp³-hybridized carbons (Fsp3) is 0.562. The molecular weight excluding hydrogens is 328 g/mol. The van der Waals surface area contributed by atoms with Gasteiger partial charge in [-0.1, -0.05) is 18.6 Å². The summed E-state index contributed by atoms with van der Waals surface area (Å²) in [5.41, 5.74) is 0.580. The van der Waals surface area contributed by atoms with Gasteiger partial charge in [0, 0.05) is 19.5 Å². The Hall–Kier alpha value is -1.96. The lowest BCUT2D eigenvalue weighted by Gasteiger charge is -2.21. The number of carbonyl (C=O) groups excluding carboxylic acids is 1. The zero-order chi connectivity index (χ0) is 17.4. The molecule has 0 aromatic heterocycles. The zero-order valence-electron chi connectivity index (χ0n) is 13.9. The van der Waals surface area contributed by atoms with E-state index in [1.165, 1.54) is 18.6 Å². The van der Waals surface area contributed by atoms with E-state index in [9.17, 15) is 13.2 Å². The number of nitrogens with one attached hydrogen (secondary N) is 1. The third kappa shape index (κ3) is 5.59. The van der Waals surface area contributed by atoms with Crippen molar-refractivity contribution in [2.45, 2.75) is 50.3 Å². The lowest BCUT2D eigenvalue weighted by molar-refractivity contribution is -0.119.